The Hall–Kier alpha value is -1.55. The molecule has 1 heterocycles. The number of carbonyl (C=O) groups excluding carboxylic acids is 1. The molecule has 0 atom stereocenters. The second kappa shape index (κ2) is 4.53. The maximum Gasteiger partial charge on any atom is 0.254 e. The van der Waals surface area contributed by atoms with Crippen LogP contribution in [0.2, 0.25) is 0 Å². The molecular weight excluding hydrogens is 206 g/mol. The van der Waals surface area contributed by atoms with Gasteiger partial charge in [-0.05, 0) is 18.2 Å². The average molecular weight is 221 g/mol. The Labute approximate surface area is 94.4 Å². The van der Waals surface area contributed by atoms with E-state index >= 15 is 0 Å². The Bertz CT molecular complexity index is 386. The molecular formula is C12H15NO3. The number of hydrogen-bond donors (Lipinski definition) is 1. The highest BCUT2D eigenvalue weighted by molar-refractivity contribution is 5.95. The third-order valence-electron chi connectivity index (χ3n) is 2.82. The monoisotopic (exact) mass is 221 g/mol. The molecule has 2 rings (SSSR count). The van der Waals surface area contributed by atoms with Crippen LogP contribution in [0.3, 0.4) is 0 Å². The first kappa shape index (κ1) is 11.0. The van der Waals surface area contributed by atoms with Crippen molar-refractivity contribution in [1.82, 2.24) is 4.90 Å². The predicted octanol–water partition coefficient (Wildman–Crippen LogP) is 0.760. The lowest BCUT2D eigenvalue weighted by Gasteiger charge is -2.38. The third-order valence-corrected chi connectivity index (χ3v) is 2.82. The van der Waals surface area contributed by atoms with Gasteiger partial charge in [-0.15, -0.1) is 0 Å². The molecule has 1 aliphatic rings. The van der Waals surface area contributed by atoms with E-state index in [9.17, 15) is 4.79 Å². The van der Waals surface area contributed by atoms with Crippen LogP contribution in [0.25, 0.3) is 0 Å². The Balaban J connectivity index is 2.04. The van der Waals surface area contributed by atoms with Crippen LogP contribution in [0, 0.1) is 5.92 Å². The zero-order chi connectivity index (χ0) is 11.5. The Morgan fingerprint density at radius 2 is 2.31 bits per heavy atom. The van der Waals surface area contributed by atoms with E-state index in [1.54, 1.807) is 30.2 Å². The summed E-state index contributed by atoms with van der Waals surface area (Å²) in [5.74, 6) is 0.934. The molecule has 0 spiro atoms. The minimum atomic E-state index is 0.00333. The third kappa shape index (κ3) is 2.02. The summed E-state index contributed by atoms with van der Waals surface area (Å²) in [5.41, 5.74) is 0.635. The van der Waals surface area contributed by atoms with E-state index in [2.05, 4.69) is 0 Å². The van der Waals surface area contributed by atoms with E-state index in [1.807, 2.05) is 6.07 Å². The summed E-state index contributed by atoms with van der Waals surface area (Å²) < 4.78 is 5.07. The van der Waals surface area contributed by atoms with E-state index in [0.29, 0.717) is 24.4 Å². The van der Waals surface area contributed by atoms with Crippen LogP contribution >= 0.6 is 0 Å². The lowest BCUT2D eigenvalue weighted by molar-refractivity contribution is 0.0361. The van der Waals surface area contributed by atoms with Crippen molar-refractivity contribution in [2.24, 2.45) is 5.92 Å². The molecule has 16 heavy (non-hydrogen) atoms. The molecule has 4 nitrogen and oxygen atoms in total. The summed E-state index contributed by atoms with van der Waals surface area (Å²) in [7, 11) is 1.58. The number of rotatable bonds is 3. The molecule has 4 heteroatoms. The van der Waals surface area contributed by atoms with Gasteiger partial charge >= 0.3 is 0 Å². The van der Waals surface area contributed by atoms with Crippen LogP contribution in [0.1, 0.15) is 10.4 Å². The first-order valence-corrected chi connectivity index (χ1v) is 5.28. The zero-order valence-corrected chi connectivity index (χ0v) is 9.22. The summed E-state index contributed by atoms with van der Waals surface area (Å²) in [6, 6.07) is 7.12. The van der Waals surface area contributed by atoms with Crippen molar-refractivity contribution in [1.29, 1.82) is 0 Å². The van der Waals surface area contributed by atoms with Gasteiger partial charge in [-0.1, -0.05) is 6.07 Å². The number of aliphatic hydroxyl groups is 1. The minimum Gasteiger partial charge on any atom is -0.497 e. The highest BCUT2D eigenvalue weighted by Gasteiger charge is 2.30. The number of nitrogens with zero attached hydrogens (tertiary/aromatic N) is 1. The van der Waals surface area contributed by atoms with Crippen LogP contribution in [-0.2, 0) is 0 Å². The van der Waals surface area contributed by atoms with Crippen LogP contribution in [-0.4, -0.2) is 42.7 Å². The highest BCUT2D eigenvalue weighted by atomic mass is 16.5. The van der Waals surface area contributed by atoms with Crippen LogP contribution in [0.15, 0.2) is 24.3 Å². The summed E-state index contributed by atoms with van der Waals surface area (Å²) in [5, 5.41) is 8.88. The van der Waals surface area contributed by atoms with Crippen LogP contribution < -0.4 is 4.74 Å². The smallest absolute Gasteiger partial charge is 0.254 e. The van der Waals surface area contributed by atoms with Gasteiger partial charge in [-0.2, -0.15) is 0 Å². The van der Waals surface area contributed by atoms with E-state index in [1.165, 1.54) is 0 Å². The molecule has 0 radical (unpaired) electrons. The number of hydrogen-bond acceptors (Lipinski definition) is 3. The normalized spacial score (nSPS) is 15.8. The van der Waals surface area contributed by atoms with E-state index in [0.717, 1.165) is 0 Å². The van der Waals surface area contributed by atoms with Crippen molar-refractivity contribution in [3.63, 3.8) is 0 Å². The number of benzene rings is 1. The van der Waals surface area contributed by atoms with Gasteiger partial charge in [-0.3, -0.25) is 4.79 Å². The summed E-state index contributed by atoms with van der Waals surface area (Å²) in [6.07, 6.45) is 0. The quantitative estimate of drug-likeness (QED) is 0.819. The summed E-state index contributed by atoms with van der Waals surface area (Å²) >= 11 is 0. The average Bonchev–Trinajstić information content (AvgIpc) is 2.27. The zero-order valence-electron chi connectivity index (χ0n) is 9.22. The van der Waals surface area contributed by atoms with Gasteiger partial charge < -0.3 is 14.7 Å². The molecule has 1 fully saturated rings. The van der Waals surface area contributed by atoms with E-state index in [4.69, 9.17) is 9.84 Å². The molecule has 86 valence electrons. The number of amides is 1. The van der Waals surface area contributed by atoms with Crippen LogP contribution in [0.4, 0.5) is 0 Å². The van der Waals surface area contributed by atoms with Gasteiger partial charge in [0.15, 0.2) is 0 Å². The lowest BCUT2D eigenvalue weighted by Crippen LogP contribution is -2.51. The van der Waals surface area contributed by atoms with Gasteiger partial charge in [0.05, 0.1) is 7.11 Å². The van der Waals surface area contributed by atoms with Crippen molar-refractivity contribution >= 4 is 5.91 Å². The first-order chi connectivity index (χ1) is 7.74. The fraction of sp³-hybridized carbons (Fsp3) is 0.417. The lowest BCUT2D eigenvalue weighted by atomic mass is 10.00. The van der Waals surface area contributed by atoms with E-state index < -0.39 is 0 Å². The molecule has 1 N–H and O–H groups in total. The molecule has 0 bridgehead atoms. The largest absolute Gasteiger partial charge is 0.497 e. The van der Waals surface area contributed by atoms with Crippen molar-refractivity contribution in [2.45, 2.75) is 0 Å². The topological polar surface area (TPSA) is 49.8 Å². The number of likely N-dealkylation sites (tertiary alicyclic amines) is 1. The second-order valence-electron chi connectivity index (χ2n) is 3.99. The SMILES string of the molecule is COc1cccc(C(=O)N2CC(CO)C2)c1. The van der Waals surface area contributed by atoms with Gasteiger partial charge in [0.2, 0.25) is 0 Å². The Morgan fingerprint density at radius 1 is 1.56 bits per heavy atom. The first-order valence-electron chi connectivity index (χ1n) is 5.28. The summed E-state index contributed by atoms with van der Waals surface area (Å²) in [6.45, 7) is 1.45. The van der Waals surface area contributed by atoms with Crippen LogP contribution in [0.5, 0.6) is 5.75 Å². The fourth-order valence-electron chi connectivity index (χ4n) is 1.79. The Kier molecular flexibility index (Phi) is 3.10. The highest BCUT2D eigenvalue weighted by Crippen LogP contribution is 2.20. The molecule has 0 aromatic heterocycles. The van der Waals surface area contributed by atoms with Gasteiger partial charge in [-0.25, -0.2) is 0 Å². The summed E-state index contributed by atoms with van der Waals surface area (Å²) in [4.78, 5) is 13.7. The number of methoxy groups -OCH3 is 1. The standard InChI is InChI=1S/C12H15NO3/c1-16-11-4-2-3-10(5-11)12(15)13-6-9(7-13)8-14/h2-5,9,14H,6-8H2,1H3. The molecule has 0 aliphatic carbocycles. The van der Waals surface area contributed by atoms with Crippen molar-refractivity contribution in [3.8, 4) is 5.75 Å². The fourth-order valence-corrected chi connectivity index (χ4v) is 1.79. The minimum absolute atomic E-state index is 0.00333. The second-order valence-corrected chi connectivity index (χ2v) is 3.99. The van der Waals surface area contributed by atoms with Gasteiger partial charge in [0.1, 0.15) is 5.75 Å². The molecule has 1 amide bonds. The van der Waals surface area contributed by atoms with E-state index in [-0.39, 0.29) is 18.4 Å². The van der Waals surface area contributed by atoms with Crippen molar-refractivity contribution < 1.29 is 14.6 Å². The van der Waals surface area contributed by atoms with Crippen molar-refractivity contribution in [2.75, 3.05) is 26.8 Å². The molecule has 1 saturated heterocycles. The maximum atomic E-state index is 11.9. The molecule has 1 aromatic rings. The molecule has 1 aliphatic heterocycles. The molecule has 0 unspecified atom stereocenters. The Morgan fingerprint density at radius 3 is 2.94 bits per heavy atom. The number of carbonyl (C=O) groups is 1. The number of ether oxygens (including phenoxy) is 1. The number of aliphatic hydroxyl groups excluding tert-OH is 1. The molecule has 0 saturated carbocycles. The van der Waals surface area contributed by atoms with Gasteiger partial charge in [0, 0.05) is 31.2 Å². The van der Waals surface area contributed by atoms with Crippen molar-refractivity contribution in [3.05, 3.63) is 29.8 Å². The molecule has 1 aromatic carbocycles. The van der Waals surface area contributed by atoms with Gasteiger partial charge in [0.25, 0.3) is 5.91 Å². The predicted molar refractivity (Wildman–Crippen MR) is 59.5 cm³/mol. The maximum absolute atomic E-state index is 11.9.